The maximum atomic E-state index is 12.3. The number of hydrogen-bond acceptors (Lipinski definition) is 4. The first-order chi connectivity index (χ1) is 9.56. The van der Waals surface area contributed by atoms with Gasteiger partial charge in [0.2, 0.25) is 0 Å². The molecule has 0 bridgehead atoms. The summed E-state index contributed by atoms with van der Waals surface area (Å²) in [6.45, 7) is 5.26. The minimum Gasteiger partial charge on any atom is -0.333 e. The topological polar surface area (TPSA) is 79.5 Å². The Morgan fingerprint density at radius 1 is 1.30 bits per heavy atom. The summed E-state index contributed by atoms with van der Waals surface area (Å²) in [7, 11) is 0. The van der Waals surface area contributed by atoms with Crippen LogP contribution in [0.25, 0.3) is 0 Å². The summed E-state index contributed by atoms with van der Waals surface area (Å²) in [6.07, 6.45) is 1.67. The molecule has 1 aromatic rings. The zero-order chi connectivity index (χ0) is 14.7. The van der Waals surface area contributed by atoms with E-state index in [1.807, 2.05) is 32.0 Å². The first-order valence-corrected chi connectivity index (χ1v) is 6.82. The Bertz CT molecular complexity index is 489. The second kappa shape index (κ2) is 6.00. The number of aromatic nitrogens is 1. The molecule has 1 fully saturated rings. The first kappa shape index (κ1) is 14.5. The molecule has 0 aromatic carbocycles. The fourth-order valence-corrected chi connectivity index (χ4v) is 2.52. The standard InChI is InChI=1S/C14H20N4O2/c1-3-17-8-9-18(14(20)13(17)19)12(10(2)15)11-6-4-5-7-16-11/h4-7,10,12H,3,8-9,15H2,1-2H3. The minimum absolute atomic E-state index is 0.296. The van der Waals surface area contributed by atoms with Crippen molar-refractivity contribution >= 4 is 11.8 Å². The quantitative estimate of drug-likeness (QED) is 0.795. The minimum atomic E-state index is -0.494. The van der Waals surface area contributed by atoms with E-state index in [0.717, 1.165) is 0 Å². The summed E-state index contributed by atoms with van der Waals surface area (Å²) in [5.41, 5.74) is 6.73. The Labute approximate surface area is 118 Å². The van der Waals surface area contributed by atoms with Crippen LogP contribution in [0.3, 0.4) is 0 Å². The third kappa shape index (κ3) is 2.65. The Balaban J connectivity index is 2.28. The Hall–Kier alpha value is -1.95. The highest BCUT2D eigenvalue weighted by Crippen LogP contribution is 2.24. The SMILES string of the molecule is CCN1CCN(C(c2ccccn2)C(C)N)C(=O)C1=O. The van der Waals surface area contributed by atoms with Crippen LogP contribution in [-0.4, -0.2) is 52.3 Å². The van der Waals surface area contributed by atoms with E-state index >= 15 is 0 Å². The maximum absolute atomic E-state index is 12.3. The van der Waals surface area contributed by atoms with E-state index < -0.39 is 11.8 Å². The number of hydrogen-bond donors (Lipinski definition) is 1. The number of amides is 2. The van der Waals surface area contributed by atoms with E-state index in [9.17, 15) is 9.59 Å². The zero-order valence-electron chi connectivity index (χ0n) is 11.8. The largest absolute Gasteiger partial charge is 0.333 e. The number of carbonyl (C=O) groups is 2. The van der Waals surface area contributed by atoms with Crippen molar-refractivity contribution in [1.82, 2.24) is 14.8 Å². The second-order valence-electron chi connectivity index (χ2n) is 4.94. The highest BCUT2D eigenvalue weighted by Gasteiger charge is 2.38. The number of piperazine rings is 1. The van der Waals surface area contributed by atoms with Gasteiger partial charge in [0, 0.05) is 31.9 Å². The van der Waals surface area contributed by atoms with Crippen LogP contribution < -0.4 is 5.73 Å². The second-order valence-corrected chi connectivity index (χ2v) is 4.94. The lowest BCUT2D eigenvalue weighted by Gasteiger charge is -2.39. The lowest BCUT2D eigenvalue weighted by molar-refractivity contribution is -0.158. The molecule has 2 rings (SSSR count). The van der Waals surface area contributed by atoms with E-state index in [1.54, 1.807) is 16.0 Å². The molecule has 2 heterocycles. The highest BCUT2D eigenvalue weighted by atomic mass is 16.2. The summed E-state index contributed by atoms with van der Waals surface area (Å²) in [5, 5.41) is 0. The van der Waals surface area contributed by atoms with Gasteiger partial charge in [-0.05, 0) is 26.0 Å². The van der Waals surface area contributed by atoms with Crippen molar-refractivity contribution in [1.29, 1.82) is 0 Å². The molecule has 1 aliphatic rings. The Morgan fingerprint density at radius 2 is 2.05 bits per heavy atom. The fraction of sp³-hybridized carbons (Fsp3) is 0.500. The van der Waals surface area contributed by atoms with Gasteiger partial charge < -0.3 is 15.5 Å². The molecule has 108 valence electrons. The third-order valence-electron chi connectivity index (χ3n) is 3.55. The van der Waals surface area contributed by atoms with Gasteiger partial charge in [-0.15, -0.1) is 0 Å². The van der Waals surface area contributed by atoms with Gasteiger partial charge in [-0.1, -0.05) is 6.07 Å². The number of rotatable bonds is 4. The van der Waals surface area contributed by atoms with Crippen LogP contribution in [-0.2, 0) is 9.59 Å². The monoisotopic (exact) mass is 276 g/mol. The maximum Gasteiger partial charge on any atom is 0.312 e. The van der Waals surface area contributed by atoms with E-state index in [0.29, 0.717) is 25.3 Å². The van der Waals surface area contributed by atoms with Gasteiger partial charge >= 0.3 is 11.8 Å². The van der Waals surface area contributed by atoms with Crippen molar-refractivity contribution in [3.05, 3.63) is 30.1 Å². The molecule has 6 heteroatoms. The number of nitrogens with zero attached hydrogens (tertiary/aromatic N) is 3. The third-order valence-corrected chi connectivity index (χ3v) is 3.55. The molecule has 0 aliphatic carbocycles. The zero-order valence-corrected chi connectivity index (χ0v) is 11.8. The molecule has 1 saturated heterocycles. The molecule has 0 spiro atoms. The van der Waals surface area contributed by atoms with Gasteiger partial charge in [-0.2, -0.15) is 0 Å². The number of likely N-dealkylation sites (N-methyl/N-ethyl adjacent to an activating group) is 1. The molecule has 1 aliphatic heterocycles. The van der Waals surface area contributed by atoms with E-state index in [-0.39, 0.29) is 12.1 Å². The number of nitrogens with two attached hydrogens (primary N) is 1. The average Bonchev–Trinajstić information content (AvgIpc) is 2.45. The predicted molar refractivity (Wildman–Crippen MR) is 74.6 cm³/mol. The predicted octanol–water partition coefficient (Wildman–Crippen LogP) is 0.161. The van der Waals surface area contributed by atoms with Crippen LogP contribution in [0.15, 0.2) is 24.4 Å². The van der Waals surface area contributed by atoms with Gasteiger partial charge in [0.25, 0.3) is 0 Å². The summed E-state index contributed by atoms with van der Waals surface area (Å²) in [4.78, 5) is 31.6. The lowest BCUT2D eigenvalue weighted by atomic mass is 10.0. The van der Waals surface area contributed by atoms with E-state index in [2.05, 4.69) is 4.98 Å². The average molecular weight is 276 g/mol. The van der Waals surface area contributed by atoms with Crippen LogP contribution in [0, 0.1) is 0 Å². The van der Waals surface area contributed by atoms with Crippen molar-refractivity contribution in [2.24, 2.45) is 5.73 Å². The van der Waals surface area contributed by atoms with Gasteiger partial charge in [0.05, 0.1) is 11.7 Å². The summed E-state index contributed by atoms with van der Waals surface area (Å²) in [5.74, 6) is -0.952. The van der Waals surface area contributed by atoms with Crippen molar-refractivity contribution in [3.8, 4) is 0 Å². The molecule has 0 saturated carbocycles. The van der Waals surface area contributed by atoms with E-state index in [1.165, 1.54) is 0 Å². The Morgan fingerprint density at radius 3 is 2.60 bits per heavy atom. The molecule has 1 aromatic heterocycles. The van der Waals surface area contributed by atoms with Gasteiger partial charge in [0.15, 0.2) is 0 Å². The van der Waals surface area contributed by atoms with Crippen molar-refractivity contribution in [2.75, 3.05) is 19.6 Å². The Kier molecular flexibility index (Phi) is 4.34. The van der Waals surface area contributed by atoms with Gasteiger partial charge in [0.1, 0.15) is 0 Å². The normalized spacial score (nSPS) is 19.1. The van der Waals surface area contributed by atoms with Crippen molar-refractivity contribution in [3.63, 3.8) is 0 Å². The summed E-state index contributed by atoms with van der Waals surface area (Å²) in [6, 6.07) is 4.83. The molecular weight excluding hydrogens is 256 g/mol. The van der Waals surface area contributed by atoms with Gasteiger partial charge in [-0.25, -0.2) is 0 Å². The van der Waals surface area contributed by atoms with Crippen LogP contribution >= 0.6 is 0 Å². The van der Waals surface area contributed by atoms with E-state index in [4.69, 9.17) is 5.73 Å². The molecule has 2 unspecified atom stereocenters. The lowest BCUT2D eigenvalue weighted by Crippen LogP contribution is -2.57. The summed E-state index contributed by atoms with van der Waals surface area (Å²) < 4.78 is 0. The number of carbonyl (C=O) groups excluding carboxylic acids is 2. The van der Waals surface area contributed by atoms with Crippen LogP contribution in [0.5, 0.6) is 0 Å². The molecule has 2 amide bonds. The van der Waals surface area contributed by atoms with Crippen LogP contribution in [0.2, 0.25) is 0 Å². The number of pyridine rings is 1. The molecule has 2 atom stereocenters. The van der Waals surface area contributed by atoms with Gasteiger partial charge in [-0.3, -0.25) is 14.6 Å². The smallest absolute Gasteiger partial charge is 0.312 e. The fourth-order valence-electron chi connectivity index (χ4n) is 2.52. The highest BCUT2D eigenvalue weighted by molar-refractivity contribution is 6.35. The summed E-state index contributed by atoms with van der Waals surface area (Å²) >= 11 is 0. The van der Waals surface area contributed by atoms with Crippen LogP contribution in [0.1, 0.15) is 25.6 Å². The molecule has 20 heavy (non-hydrogen) atoms. The molecule has 0 radical (unpaired) electrons. The molecular formula is C14H20N4O2. The van der Waals surface area contributed by atoms with Crippen LogP contribution in [0.4, 0.5) is 0 Å². The first-order valence-electron chi connectivity index (χ1n) is 6.82. The van der Waals surface area contributed by atoms with Crippen molar-refractivity contribution in [2.45, 2.75) is 25.9 Å². The van der Waals surface area contributed by atoms with Crippen molar-refractivity contribution < 1.29 is 9.59 Å². The molecule has 2 N–H and O–H groups in total. The molecule has 6 nitrogen and oxygen atoms in total.